The molecular weight excluding hydrogens is 374 g/mol. The number of hydrogen-bond acceptors (Lipinski definition) is 7. The van der Waals surface area contributed by atoms with Crippen LogP contribution in [0.15, 0.2) is 6.07 Å². The van der Waals surface area contributed by atoms with Gasteiger partial charge in [-0.25, -0.2) is 0 Å². The fourth-order valence-corrected chi connectivity index (χ4v) is 4.86. The number of Topliss-reactive ketones (excluding diaryl/α,β-unsaturated/α-hetero) is 1. The molecule has 3 heterocycles. The van der Waals surface area contributed by atoms with E-state index in [9.17, 15) is 9.59 Å². The summed E-state index contributed by atoms with van der Waals surface area (Å²) in [6.45, 7) is 8.69. The highest BCUT2D eigenvalue weighted by molar-refractivity contribution is 7.14. The molecule has 4 rings (SSSR count). The SMILES string of the molecule is CC(=O)Oc1cc2c(s1)CCN(C(C(=O)C1CC1)c1nc(C)c(C)nc1C)C2. The number of hydrogen-bond donors (Lipinski definition) is 0. The summed E-state index contributed by atoms with van der Waals surface area (Å²) in [7, 11) is 0. The van der Waals surface area contributed by atoms with Crippen LogP contribution in [0, 0.1) is 26.7 Å². The highest BCUT2D eigenvalue weighted by atomic mass is 32.1. The minimum Gasteiger partial charge on any atom is -0.416 e. The predicted octanol–water partition coefficient (Wildman–Crippen LogP) is 3.47. The summed E-state index contributed by atoms with van der Waals surface area (Å²) in [6.07, 6.45) is 2.79. The number of aromatic nitrogens is 2. The van der Waals surface area contributed by atoms with E-state index in [0.717, 1.165) is 54.1 Å². The van der Waals surface area contributed by atoms with Gasteiger partial charge in [0.25, 0.3) is 0 Å². The van der Waals surface area contributed by atoms with Crippen molar-refractivity contribution in [2.75, 3.05) is 6.54 Å². The Morgan fingerprint density at radius 1 is 1.18 bits per heavy atom. The summed E-state index contributed by atoms with van der Waals surface area (Å²) < 4.78 is 5.26. The van der Waals surface area contributed by atoms with E-state index in [-0.39, 0.29) is 23.7 Å². The third kappa shape index (κ3) is 3.73. The molecule has 7 heteroatoms. The van der Waals surface area contributed by atoms with E-state index in [1.165, 1.54) is 23.1 Å². The molecule has 6 nitrogen and oxygen atoms in total. The lowest BCUT2D eigenvalue weighted by molar-refractivity contribution is -0.131. The maximum atomic E-state index is 13.2. The molecule has 0 radical (unpaired) electrons. The van der Waals surface area contributed by atoms with E-state index >= 15 is 0 Å². The lowest BCUT2D eigenvalue weighted by atomic mass is 9.97. The van der Waals surface area contributed by atoms with E-state index in [1.54, 1.807) is 0 Å². The van der Waals surface area contributed by atoms with Gasteiger partial charge in [-0.15, -0.1) is 11.3 Å². The molecule has 2 aromatic rings. The molecule has 2 aliphatic rings. The van der Waals surface area contributed by atoms with E-state index in [4.69, 9.17) is 9.72 Å². The lowest BCUT2D eigenvalue weighted by Crippen LogP contribution is -2.39. The first kappa shape index (κ1) is 19.2. The molecule has 1 aliphatic carbocycles. The smallest absolute Gasteiger partial charge is 0.308 e. The number of esters is 1. The number of carbonyl (C=O) groups is 2. The number of rotatable bonds is 5. The maximum Gasteiger partial charge on any atom is 0.308 e. The van der Waals surface area contributed by atoms with Gasteiger partial charge >= 0.3 is 5.97 Å². The van der Waals surface area contributed by atoms with Crippen LogP contribution < -0.4 is 4.74 Å². The van der Waals surface area contributed by atoms with Gasteiger partial charge in [0.2, 0.25) is 0 Å². The van der Waals surface area contributed by atoms with Gasteiger partial charge in [0.05, 0.1) is 22.8 Å². The Bertz CT molecular complexity index is 949. The Kier molecular flexibility index (Phi) is 5.05. The van der Waals surface area contributed by atoms with Crippen LogP contribution >= 0.6 is 11.3 Å². The van der Waals surface area contributed by atoms with Crippen molar-refractivity contribution in [3.05, 3.63) is 39.3 Å². The highest BCUT2D eigenvalue weighted by Gasteiger charge is 2.41. The number of nitrogens with zero attached hydrogens (tertiary/aromatic N) is 3. The molecule has 0 spiro atoms. The van der Waals surface area contributed by atoms with Gasteiger partial charge in [0, 0.05) is 30.8 Å². The molecule has 0 saturated heterocycles. The number of thiophene rings is 1. The molecule has 0 N–H and O–H groups in total. The standard InChI is InChI=1S/C21H25N3O3S/c1-11-12(2)23-19(13(3)22-11)20(21(26)15-5-6-15)24-8-7-17-16(10-24)9-18(28-17)27-14(4)25/h9,15,20H,5-8,10H2,1-4H3. The Morgan fingerprint density at radius 2 is 1.89 bits per heavy atom. The van der Waals surface area contributed by atoms with E-state index in [0.29, 0.717) is 11.6 Å². The van der Waals surface area contributed by atoms with Crippen molar-refractivity contribution in [1.29, 1.82) is 0 Å². The van der Waals surface area contributed by atoms with Crippen LogP contribution in [0.25, 0.3) is 0 Å². The third-order valence-corrected chi connectivity index (χ3v) is 6.62. The molecule has 1 aliphatic heterocycles. The monoisotopic (exact) mass is 399 g/mol. The number of ether oxygens (including phenoxy) is 1. The van der Waals surface area contributed by atoms with Crippen molar-refractivity contribution >= 4 is 23.1 Å². The molecule has 0 bridgehead atoms. The Balaban J connectivity index is 1.66. The first-order valence-corrected chi connectivity index (χ1v) is 10.5. The van der Waals surface area contributed by atoms with Crippen LogP contribution in [0.1, 0.15) is 59.0 Å². The van der Waals surface area contributed by atoms with Crippen LogP contribution in [0.3, 0.4) is 0 Å². The maximum absolute atomic E-state index is 13.2. The molecule has 28 heavy (non-hydrogen) atoms. The summed E-state index contributed by atoms with van der Waals surface area (Å²) in [5.74, 6) is 0.103. The molecule has 1 unspecified atom stereocenters. The van der Waals surface area contributed by atoms with Crippen LogP contribution in [0.2, 0.25) is 0 Å². The van der Waals surface area contributed by atoms with Gasteiger partial charge in [-0.2, -0.15) is 0 Å². The summed E-state index contributed by atoms with van der Waals surface area (Å²) >= 11 is 1.53. The molecule has 0 amide bonds. The first-order chi connectivity index (χ1) is 13.3. The summed E-state index contributed by atoms with van der Waals surface area (Å²) in [5.41, 5.74) is 4.54. The fraction of sp³-hybridized carbons (Fsp3) is 0.524. The highest BCUT2D eigenvalue weighted by Crippen LogP contribution is 2.41. The van der Waals surface area contributed by atoms with Crippen molar-refractivity contribution in [3.8, 4) is 5.06 Å². The van der Waals surface area contributed by atoms with Gasteiger partial charge in [0.1, 0.15) is 6.04 Å². The normalized spacial score (nSPS) is 17.9. The van der Waals surface area contributed by atoms with Crippen molar-refractivity contribution in [2.45, 2.75) is 59.5 Å². The van der Waals surface area contributed by atoms with E-state index in [1.807, 2.05) is 26.8 Å². The molecule has 1 atom stereocenters. The first-order valence-electron chi connectivity index (χ1n) is 9.73. The average molecular weight is 400 g/mol. The lowest BCUT2D eigenvalue weighted by Gasteiger charge is -2.34. The number of ketones is 1. The quantitative estimate of drug-likeness (QED) is 0.717. The number of carbonyl (C=O) groups excluding carboxylic acids is 2. The number of fused-ring (bicyclic) bond motifs is 1. The van der Waals surface area contributed by atoms with Crippen LogP contribution in [-0.4, -0.2) is 33.2 Å². The second-order valence-corrected chi connectivity index (χ2v) is 8.87. The second kappa shape index (κ2) is 7.37. The van der Waals surface area contributed by atoms with Gasteiger partial charge < -0.3 is 4.74 Å². The van der Waals surface area contributed by atoms with Crippen molar-refractivity contribution in [1.82, 2.24) is 14.9 Å². The molecule has 1 saturated carbocycles. The zero-order valence-corrected chi connectivity index (χ0v) is 17.6. The predicted molar refractivity (Wildman–Crippen MR) is 106 cm³/mol. The van der Waals surface area contributed by atoms with Gasteiger partial charge in [-0.05, 0) is 51.7 Å². The molecule has 148 valence electrons. The molecular formula is C21H25N3O3S. The van der Waals surface area contributed by atoms with Crippen LogP contribution in [0.4, 0.5) is 0 Å². The van der Waals surface area contributed by atoms with Gasteiger partial charge in [0.15, 0.2) is 10.8 Å². The van der Waals surface area contributed by atoms with E-state index in [2.05, 4.69) is 9.88 Å². The Morgan fingerprint density at radius 3 is 2.57 bits per heavy atom. The summed E-state index contributed by atoms with van der Waals surface area (Å²) in [5, 5.41) is 0.631. The average Bonchev–Trinajstić information content (AvgIpc) is 3.39. The van der Waals surface area contributed by atoms with Crippen molar-refractivity contribution < 1.29 is 14.3 Å². The zero-order valence-electron chi connectivity index (χ0n) is 16.7. The molecule has 0 aromatic carbocycles. The third-order valence-electron chi connectivity index (χ3n) is 5.51. The Labute approximate surface area is 168 Å². The van der Waals surface area contributed by atoms with E-state index < -0.39 is 0 Å². The van der Waals surface area contributed by atoms with Crippen LogP contribution in [0.5, 0.6) is 5.06 Å². The molecule has 1 fully saturated rings. The zero-order chi connectivity index (χ0) is 20.0. The second-order valence-electron chi connectivity index (χ2n) is 7.77. The minimum atomic E-state index is -0.357. The fourth-order valence-electron chi connectivity index (χ4n) is 3.81. The van der Waals surface area contributed by atoms with Crippen LogP contribution in [-0.2, 0) is 22.6 Å². The largest absolute Gasteiger partial charge is 0.416 e. The number of aryl methyl sites for hydroxylation is 3. The van der Waals surface area contributed by atoms with Gasteiger partial charge in [-0.3, -0.25) is 24.5 Å². The van der Waals surface area contributed by atoms with Crippen molar-refractivity contribution in [3.63, 3.8) is 0 Å². The summed E-state index contributed by atoms with van der Waals surface area (Å²) in [6, 6.07) is 1.58. The topological polar surface area (TPSA) is 72.4 Å². The van der Waals surface area contributed by atoms with Crippen molar-refractivity contribution in [2.24, 2.45) is 5.92 Å². The van der Waals surface area contributed by atoms with Gasteiger partial charge in [-0.1, -0.05) is 0 Å². The minimum absolute atomic E-state index is 0.147. The Hall–Kier alpha value is -2.12. The summed E-state index contributed by atoms with van der Waals surface area (Å²) in [4.78, 5) is 37.4. The molecule has 2 aromatic heterocycles.